The van der Waals surface area contributed by atoms with E-state index in [1.54, 1.807) is 13.8 Å². The molecule has 9 heteroatoms. The topological polar surface area (TPSA) is 127 Å². The molecule has 0 fully saturated rings. The van der Waals surface area contributed by atoms with E-state index in [9.17, 15) is 29.7 Å². The number of unbranched alkanes of at least 4 members (excludes halogenated alkanes) is 2. The maximum Gasteiger partial charge on any atom is 1.00 e. The second-order valence-electron chi connectivity index (χ2n) is 7.58. The Balaban J connectivity index is 0. The first-order valence-electron chi connectivity index (χ1n) is 10.6. The van der Waals surface area contributed by atoms with Gasteiger partial charge in [0.2, 0.25) is 5.91 Å². The van der Waals surface area contributed by atoms with Crippen LogP contribution < -0.4 is 61.8 Å². The molecular weight excluding hydrogens is 415 g/mol. The Bertz CT molecular complexity index is 518. The number of amides is 1. The van der Waals surface area contributed by atoms with Crippen molar-refractivity contribution in [3.05, 3.63) is 12.2 Å². The third-order valence-corrected chi connectivity index (χ3v) is 5.34. The monoisotopic (exact) mass is 453 g/mol. The van der Waals surface area contributed by atoms with E-state index in [1.165, 1.54) is 6.08 Å². The van der Waals surface area contributed by atoms with E-state index in [0.29, 0.717) is 19.4 Å². The summed E-state index contributed by atoms with van der Waals surface area (Å²) in [6.45, 7) is 6.55. The largest absolute Gasteiger partial charge is 1.00 e. The number of rotatable bonds is 17. The summed E-state index contributed by atoms with van der Waals surface area (Å²) in [6, 6.07) is 0. The first-order valence-corrected chi connectivity index (χ1v) is 10.6. The van der Waals surface area contributed by atoms with Crippen LogP contribution in [0.4, 0.5) is 0 Å². The molecule has 0 rings (SSSR count). The van der Waals surface area contributed by atoms with E-state index >= 15 is 0 Å². The van der Waals surface area contributed by atoms with Crippen LogP contribution in [0, 0.1) is 11.8 Å². The quantitative estimate of drug-likeness (QED) is 0.0971. The van der Waals surface area contributed by atoms with Crippen LogP contribution in [0.2, 0.25) is 0 Å². The Hall–Kier alpha value is -0.294. The number of quaternary nitrogens is 1. The van der Waals surface area contributed by atoms with Crippen molar-refractivity contribution in [2.24, 2.45) is 11.8 Å². The average molecular weight is 454 g/mol. The molecule has 0 spiro atoms. The average Bonchev–Trinajstić information content (AvgIpc) is 2.67. The van der Waals surface area contributed by atoms with Gasteiger partial charge in [-0.25, -0.2) is 0 Å². The molecule has 0 aromatic heterocycles. The molecule has 0 aliphatic carbocycles. The van der Waals surface area contributed by atoms with E-state index in [2.05, 4.69) is 12.2 Å². The molecule has 0 saturated carbocycles. The first kappa shape index (κ1) is 31.9. The van der Waals surface area contributed by atoms with Gasteiger partial charge in [0.15, 0.2) is 0 Å². The third-order valence-electron chi connectivity index (χ3n) is 5.34. The molecule has 0 radical (unpaired) electrons. The fourth-order valence-corrected chi connectivity index (χ4v) is 3.44. The standard InChI is InChI=1S/C21H38N2O6.K/c1-4-7-8-9-10-19(25)22-11-12-23(13-14-24,15-17(5-2)20(26)27)16-18(6-3)21(28)29;/h9-10,17-18,24H,4-8,11-16H2,1-3H3,(H2-,22,25,26,27,28,29);/q;+1/b10-9+;. The summed E-state index contributed by atoms with van der Waals surface area (Å²) >= 11 is 0. The minimum absolute atomic E-state index is 0. The van der Waals surface area contributed by atoms with Crippen LogP contribution in [0.1, 0.15) is 52.9 Å². The fourth-order valence-electron chi connectivity index (χ4n) is 3.44. The van der Waals surface area contributed by atoms with Crippen LogP contribution in [0.5, 0.6) is 0 Å². The Morgan fingerprint density at radius 1 is 1.07 bits per heavy atom. The number of nitrogens with zero attached hydrogens (tertiary/aromatic N) is 1. The molecule has 3 N–H and O–H groups in total. The Morgan fingerprint density at radius 2 is 1.67 bits per heavy atom. The molecule has 8 nitrogen and oxygen atoms in total. The van der Waals surface area contributed by atoms with Gasteiger partial charge in [0.25, 0.3) is 0 Å². The smallest absolute Gasteiger partial charge is 0.550 e. The number of carboxylic acid groups (broad SMARTS) is 2. The number of aliphatic hydroxyl groups is 1. The van der Waals surface area contributed by atoms with E-state index in [1.807, 2.05) is 6.08 Å². The minimum Gasteiger partial charge on any atom is -0.550 e. The van der Waals surface area contributed by atoms with E-state index in [-0.39, 0.29) is 94.6 Å². The minimum atomic E-state index is -1.18. The molecule has 0 heterocycles. The van der Waals surface area contributed by atoms with Crippen molar-refractivity contribution in [1.82, 2.24) is 5.32 Å². The molecule has 3 unspecified atom stereocenters. The van der Waals surface area contributed by atoms with Crippen LogP contribution >= 0.6 is 0 Å². The van der Waals surface area contributed by atoms with Gasteiger partial charge in [-0.2, -0.15) is 0 Å². The summed E-state index contributed by atoms with van der Waals surface area (Å²) in [6.07, 6.45) is 6.93. The van der Waals surface area contributed by atoms with Gasteiger partial charge in [-0.3, -0.25) is 9.59 Å². The molecule has 3 atom stereocenters. The predicted octanol–water partition coefficient (Wildman–Crippen LogP) is -2.45. The van der Waals surface area contributed by atoms with Gasteiger partial charge in [-0.05, 0) is 25.3 Å². The summed E-state index contributed by atoms with van der Waals surface area (Å²) in [5.74, 6) is -3.78. The van der Waals surface area contributed by atoms with Gasteiger partial charge < -0.3 is 29.9 Å². The van der Waals surface area contributed by atoms with Gasteiger partial charge in [0, 0.05) is 5.92 Å². The molecule has 1 amide bonds. The maximum absolute atomic E-state index is 12.0. The Labute approximate surface area is 223 Å². The van der Waals surface area contributed by atoms with Gasteiger partial charge in [-0.15, -0.1) is 0 Å². The Kier molecular flexibility index (Phi) is 19.4. The fraction of sp³-hybridized carbons (Fsp3) is 0.762. The summed E-state index contributed by atoms with van der Waals surface area (Å²) in [5.41, 5.74) is 0. The molecule has 0 aliphatic heterocycles. The number of carbonyl (C=O) groups excluding carboxylic acids is 2. The number of nitrogens with one attached hydrogen (secondary N) is 1. The first-order chi connectivity index (χ1) is 13.7. The van der Waals surface area contributed by atoms with E-state index < -0.39 is 23.8 Å². The number of allylic oxidation sites excluding steroid dienone is 1. The summed E-state index contributed by atoms with van der Waals surface area (Å²) in [5, 5.41) is 33.3. The predicted molar refractivity (Wildman–Crippen MR) is 109 cm³/mol. The van der Waals surface area contributed by atoms with Gasteiger partial charge in [-0.1, -0.05) is 39.7 Å². The van der Waals surface area contributed by atoms with Crippen molar-refractivity contribution in [3.8, 4) is 0 Å². The molecule has 168 valence electrons. The zero-order valence-corrected chi connectivity index (χ0v) is 22.2. The maximum atomic E-state index is 12.0. The third kappa shape index (κ3) is 13.2. The van der Waals surface area contributed by atoms with Gasteiger partial charge in [0.05, 0.1) is 38.8 Å². The van der Waals surface area contributed by atoms with Crippen LogP contribution in [-0.4, -0.2) is 71.9 Å². The van der Waals surface area contributed by atoms with Crippen molar-refractivity contribution in [2.45, 2.75) is 52.9 Å². The number of hydrogen-bond acceptors (Lipinski definition) is 5. The SMILES string of the molecule is CCCC/C=C/C(=O)NCC[N+](CCO)(CC(CC)C(=O)[O-])CC(CC)C(=O)O.[K+]. The molecule has 0 bridgehead atoms. The second kappa shape index (κ2) is 18.3. The van der Waals surface area contributed by atoms with Crippen LogP contribution in [-0.2, 0) is 14.4 Å². The summed E-state index contributed by atoms with van der Waals surface area (Å²) in [7, 11) is 0. The van der Waals surface area contributed by atoms with Crippen molar-refractivity contribution in [2.75, 3.05) is 39.3 Å². The van der Waals surface area contributed by atoms with Crippen molar-refractivity contribution in [1.29, 1.82) is 0 Å². The second-order valence-corrected chi connectivity index (χ2v) is 7.58. The number of carboxylic acids is 2. The Morgan fingerprint density at radius 3 is 2.13 bits per heavy atom. The van der Waals surface area contributed by atoms with Crippen molar-refractivity contribution < 1.29 is 85.6 Å². The van der Waals surface area contributed by atoms with E-state index in [0.717, 1.165) is 19.3 Å². The van der Waals surface area contributed by atoms with Crippen molar-refractivity contribution >= 4 is 17.8 Å². The number of aliphatic hydroxyl groups excluding tert-OH is 1. The van der Waals surface area contributed by atoms with Crippen LogP contribution in [0.3, 0.4) is 0 Å². The number of hydrogen-bond donors (Lipinski definition) is 3. The molecule has 0 saturated heterocycles. The molecule has 30 heavy (non-hydrogen) atoms. The van der Waals surface area contributed by atoms with Crippen LogP contribution in [0.25, 0.3) is 0 Å². The molecule has 0 aromatic carbocycles. The summed E-state index contributed by atoms with van der Waals surface area (Å²) < 4.78 is 0.105. The zero-order valence-electron chi connectivity index (χ0n) is 19.1. The zero-order chi connectivity index (χ0) is 22.3. The van der Waals surface area contributed by atoms with E-state index in [4.69, 9.17) is 0 Å². The molecule has 0 aliphatic rings. The summed E-state index contributed by atoms with van der Waals surface area (Å²) in [4.78, 5) is 35.0. The molecular formula is C21H38KN2O6+. The number of aliphatic carboxylic acids is 2. The normalized spacial score (nSPS) is 15.1. The van der Waals surface area contributed by atoms with Gasteiger partial charge >= 0.3 is 57.4 Å². The van der Waals surface area contributed by atoms with Gasteiger partial charge in [0.1, 0.15) is 12.5 Å². The molecule has 0 aromatic rings. The van der Waals surface area contributed by atoms with Crippen LogP contribution in [0.15, 0.2) is 12.2 Å². The number of carbonyl (C=O) groups is 3. The van der Waals surface area contributed by atoms with Crippen molar-refractivity contribution in [3.63, 3.8) is 0 Å².